The van der Waals surface area contributed by atoms with E-state index in [0.717, 1.165) is 0 Å². The number of hydrogen-bond donors (Lipinski definition) is 1. The molecule has 1 heterocycles. The molecule has 1 rings (SSSR count). The lowest BCUT2D eigenvalue weighted by Crippen LogP contribution is -2.44. The van der Waals surface area contributed by atoms with Crippen LogP contribution in [0.1, 0.15) is 34.6 Å². The number of carbonyl (C=O) groups excluding carboxylic acids is 1. The lowest BCUT2D eigenvalue weighted by atomic mass is 10.1. The molecule has 4 heteroatoms. The van der Waals surface area contributed by atoms with E-state index in [2.05, 4.69) is 10.3 Å². The van der Waals surface area contributed by atoms with Gasteiger partial charge in [-0.05, 0) is 34.6 Å². The molecule has 0 spiro atoms. The van der Waals surface area contributed by atoms with Gasteiger partial charge in [0.2, 0.25) is 0 Å². The van der Waals surface area contributed by atoms with E-state index in [-0.39, 0.29) is 5.91 Å². The summed E-state index contributed by atoms with van der Waals surface area (Å²) in [5, 5.41) is 2.76. The average molecular weight is 198 g/mol. The van der Waals surface area contributed by atoms with Gasteiger partial charge in [-0.3, -0.25) is 9.79 Å². The summed E-state index contributed by atoms with van der Waals surface area (Å²) in [5.74, 6) is 0.551. The monoisotopic (exact) mass is 198 g/mol. The van der Waals surface area contributed by atoms with Crippen LogP contribution in [0.4, 0.5) is 0 Å². The summed E-state index contributed by atoms with van der Waals surface area (Å²) in [4.78, 5) is 15.8. The number of nitrogens with zero attached hydrogens (tertiary/aromatic N) is 1. The van der Waals surface area contributed by atoms with E-state index in [9.17, 15) is 4.79 Å². The molecule has 0 bridgehead atoms. The van der Waals surface area contributed by atoms with Gasteiger partial charge in [0, 0.05) is 6.61 Å². The molecule has 0 unspecified atom stereocenters. The molecule has 0 saturated heterocycles. The number of carbonyl (C=O) groups is 1. The zero-order valence-electron chi connectivity index (χ0n) is 9.47. The summed E-state index contributed by atoms with van der Waals surface area (Å²) in [7, 11) is 0. The molecule has 1 aliphatic heterocycles. The molecular formula is C10H18N2O2. The average Bonchev–Trinajstić information content (AvgIpc) is 2.27. The molecule has 0 aromatic carbocycles. The van der Waals surface area contributed by atoms with Gasteiger partial charge in [0.1, 0.15) is 17.0 Å². The Labute approximate surface area is 84.7 Å². The predicted molar refractivity (Wildman–Crippen MR) is 55.4 cm³/mol. The minimum atomic E-state index is -0.663. The lowest BCUT2D eigenvalue weighted by molar-refractivity contribution is -0.122. The Hall–Kier alpha value is -0.900. The maximum atomic E-state index is 11.5. The highest BCUT2D eigenvalue weighted by atomic mass is 16.5. The number of rotatable bonds is 3. The standard InChI is InChI=1S/C10H18N2O2/c1-6-14-10(4,5)7-11-8(13)9(2,3)12-7/h6H2,1-5H3,(H,11,12,13). The first-order valence-electron chi connectivity index (χ1n) is 4.85. The van der Waals surface area contributed by atoms with E-state index in [1.165, 1.54) is 0 Å². The van der Waals surface area contributed by atoms with E-state index >= 15 is 0 Å². The second-order valence-corrected chi connectivity index (χ2v) is 4.42. The van der Waals surface area contributed by atoms with Gasteiger partial charge in [-0.1, -0.05) is 0 Å². The van der Waals surface area contributed by atoms with Crippen LogP contribution in [0.5, 0.6) is 0 Å². The van der Waals surface area contributed by atoms with Crippen LogP contribution in [0.2, 0.25) is 0 Å². The van der Waals surface area contributed by atoms with Crippen molar-refractivity contribution < 1.29 is 9.53 Å². The van der Waals surface area contributed by atoms with E-state index in [1.807, 2.05) is 20.8 Å². The largest absolute Gasteiger partial charge is 0.368 e. The zero-order valence-corrected chi connectivity index (χ0v) is 9.47. The molecule has 1 N–H and O–H groups in total. The van der Waals surface area contributed by atoms with Gasteiger partial charge in [0.05, 0.1) is 0 Å². The number of ether oxygens (including phenoxy) is 1. The van der Waals surface area contributed by atoms with Crippen molar-refractivity contribution in [1.82, 2.24) is 5.32 Å². The van der Waals surface area contributed by atoms with Crippen LogP contribution >= 0.6 is 0 Å². The van der Waals surface area contributed by atoms with Crippen LogP contribution in [-0.4, -0.2) is 29.5 Å². The summed E-state index contributed by atoms with van der Waals surface area (Å²) in [5.41, 5.74) is -1.18. The van der Waals surface area contributed by atoms with Crippen molar-refractivity contribution in [2.45, 2.75) is 45.8 Å². The smallest absolute Gasteiger partial charge is 0.252 e. The van der Waals surface area contributed by atoms with E-state index in [4.69, 9.17) is 4.74 Å². The molecule has 0 saturated carbocycles. The number of amidine groups is 1. The molecule has 0 radical (unpaired) electrons. The van der Waals surface area contributed by atoms with Gasteiger partial charge in [-0.2, -0.15) is 0 Å². The fraction of sp³-hybridized carbons (Fsp3) is 0.800. The normalized spacial score (nSPS) is 20.6. The van der Waals surface area contributed by atoms with Crippen LogP contribution in [0.3, 0.4) is 0 Å². The first-order valence-corrected chi connectivity index (χ1v) is 4.85. The molecule has 80 valence electrons. The van der Waals surface area contributed by atoms with Gasteiger partial charge in [0.25, 0.3) is 5.91 Å². The summed E-state index contributed by atoms with van der Waals surface area (Å²) < 4.78 is 5.51. The van der Waals surface area contributed by atoms with Crippen molar-refractivity contribution in [1.29, 1.82) is 0 Å². The summed E-state index contributed by atoms with van der Waals surface area (Å²) in [6.07, 6.45) is 0. The van der Waals surface area contributed by atoms with Gasteiger partial charge < -0.3 is 10.1 Å². The van der Waals surface area contributed by atoms with Crippen LogP contribution in [0, 0.1) is 0 Å². The van der Waals surface area contributed by atoms with Crippen molar-refractivity contribution in [3.8, 4) is 0 Å². The Morgan fingerprint density at radius 1 is 1.50 bits per heavy atom. The Kier molecular flexibility index (Phi) is 2.67. The van der Waals surface area contributed by atoms with Gasteiger partial charge in [-0.25, -0.2) is 0 Å². The maximum absolute atomic E-state index is 11.5. The Bertz CT molecular complexity index is 280. The Morgan fingerprint density at radius 2 is 2.07 bits per heavy atom. The minimum Gasteiger partial charge on any atom is -0.368 e. The van der Waals surface area contributed by atoms with Crippen molar-refractivity contribution in [3.63, 3.8) is 0 Å². The van der Waals surface area contributed by atoms with Crippen LogP contribution in [0.15, 0.2) is 4.99 Å². The highest BCUT2D eigenvalue weighted by molar-refractivity contribution is 6.10. The fourth-order valence-electron chi connectivity index (χ4n) is 1.33. The molecule has 14 heavy (non-hydrogen) atoms. The predicted octanol–water partition coefficient (Wildman–Crippen LogP) is 1.11. The van der Waals surface area contributed by atoms with Crippen molar-refractivity contribution in [3.05, 3.63) is 0 Å². The molecule has 0 aromatic rings. The number of hydrogen-bond acceptors (Lipinski definition) is 3. The third-order valence-electron chi connectivity index (χ3n) is 2.25. The lowest BCUT2D eigenvalue weighted by Gasteiger charge is -2.24. The number of amides is 1. The van der Waals surface area contributed by atoms with Crippen molar-refractivity contribution in [2.75, 3.05) is 6.61 Å². The van der Waals surface area contributed by atoms with Crippen LogP contribution in [-0.2, 0) is 9.53 Å². The quantitative estimate of drug-likeness (QED) is 0.738. The second-order valence-electron chi connectivity index (χ2n) is 4.42. The minimum absolute atomic E-state index is 0.0692. The van der Waals surface area contributed by atoms with Gasteiger partial charge in [-0.15, -0.1) is 0 Å². The Balaban J connectivity index is 2.87. The van der Waals surface area contributed by atoms with E-state index in [0.29, 0.717) is 12.4 Å². The highest BCUT2D eigenvalue weighted by Crippen LogP contribution is 2.21. The Morgan fingerprint density at radius 3 is 2.43 bits per heavy atom. The highest BCUT2D eigenvalue weighted by Gasteiger charge is 2.40. The SMILES string of the molecule is CCOC(C)(C)C1=NC(C)(C)C(=O)N1. The second kappa shape index (κ2) is 3.35. The molecule has 4 nitrogen and oxygen atoms in total. The molecule has 0 atom stereocenters. The van der Waals surface area contributed by atoms with E-state index < -0.39 is 11.1 Å². The summed E-state index contributed by atoms with van der Waals surface area (Å²) >= 11 is 0. The molecule has 1 aliphatic rings. The van der Waals surface area contributed by atoms with E-state index in [1.54, 1.807) is 13.8 Å². The molecule has 0 aliphatic carbocycles. The third-order valence-corrected chi connectivity index (χ3v) is 2.25. The number of nitrogens with one attached hydrogen (secondary N) is 1. The molecular weight excluding hydrogens is 180 g/mol. The fourth-order valence-corrected chi connectivity index (χ4v) is 1.33. The summed E-state index contributed by atoms with van der Waals surface area (Å²) in [6, 6.07) is 0. The van der Waals surface area contributed by atoms with Crippen molar-refractivity contribution in [2.24, 2.45) is 4.99 Å². The third kappa shape index (κ3) is 1.95. The van der Waals surface area contributed by atoms with Crippen LogP contribution < -0.4 is 5.32 Å². The first kappa shape index (κ1) is 11.2. The molecule has 0 fully saturated rings. The molecule has 0 aromatic heterocycles. The topological polar surface area (TPSA) is 50.7 Å². The zero-order chi connectivity index (χ0) is 11.0. The maximum Gasteiger partial charge on any atom is 0.252 e. The number of aliphatic imine (C=N–C) groups is 1. The van der Waals surface area contributed by atoms with Gasteiger partial charge >= 0.3 is 0 Å². The van der Waals surface area contributed by atoms with Gasteiger partial charge in [0.15, 0.2) is 0 Å². The molecule has 1 amide bonds. The van der Waals surface area contributed by atoms with Crippen LogP contribution in [0.25, 0.3) is 0 Å². The van der Waals surface area contributed by atoms with Crippen molar-refractivity contribution >= 4 is 11.7 Å². The first-order chi connectivity index (χ1) is 6.29. The summed E-state index contributed by atoms with van der Waals surface area (Å²) in [6.45, 7) is 9.90.